The maximum Gasteiger partial charge on any atom is 0.0767 e. The first-order valence-electron chi connectivity index (χ1n) is 6.51. The topological polar surface area (TPSA) is 37.8 Å². The lowest BCUT2D eigenvalue weighted by Crippen LogP contribution is -2.19. The predicted octanol–water partition coefficient (Wildman–Crippen LogP) is 4.46. The molecule has 0 aliphatic carbocycles. The van der Waals surface area contributed by atoms with Gasteiger partial charge in [-0.25, -0.2) is 0 Å². The van der Waals surface area contributed by atoms with Gasteiger partial charge < -0.3 is 5.32 Å². The molecule has 21 heavy (non-hydrogen) atoms. The van der Waals surface area contributed by atoms with Gasteiger partial charge in [0.2, 0.25) is 0 Å². The van der Waals surface area contributed by atoms with Crippen molar-refractivity contribution in [2.75, 3.05) is 7.05 Å². The lowest BCUT2D eigenvalue weighted by atomic mass is 9.98. The average Bonchev–Trinajstić information content (AvgIpc) is 2.50. The number of hydrogen-bond donors (Lipinski definition) is 1. The van der Waals surface area contributed by atoms with E-state index >= 15 is 0 Å². The Labute approximate surface area is 140 Å². The van der Waals surface area contributed by atoms with Crippen LogP contribution in [0.1, 0.15) is 17.3 Å². The van der Waals surface area contributed by atoms with Crippen LogP contribution < -0.4 is 5.32 Å². The van der Waals surface area contributed by atoms with Gasteiger partial charge in [-0.15, -0.1) is 0 Å². The van der Waals surface area contributed by atoms with Crippen LogP contribution in [0.4, 0.5) is 0 Å². The summed E-state index contributed by atoms with van der Waals surface area (Å²) in [6.07, 6.45) is 5.53. The van der Waals surface area contributed by atoms with Crippen LogP contribution in [0, 0.1) is 0 Å². The molecular formula is C16H13Br2N3. The number of halogens is 2. The van der Waals surface area contributed by atoms with Crippen LogP contribution in [-0.2, 0) is 0 Å². The maximum absolute atomic E-state index is 4.56. The molecule has 0 aliphatic rings. The Hall–Kier alpha value is -1.30. The SMILES string of the molecule is CNC(c1ncc(Br)cc1Br)c1cccc2ccncc12. The Morgan fingerprint density at radius 1 is 1.14 bits per heavy atom. The fourth-order valence-corrected chi connectivity index (χ4v) is 3.68. The number of hydrogen-bond acceptors (Lipinski definition) is 3. The largest absolute Gasteiger partial charge is 0.308 e. The number of benzene rings is 1. The number of nitrogens with zero attached hydrogens (tertiary/aromatic N) is 2. The second kappa shape index (κ2) is 6.22. The third-order valence-corrected chi connectivity index (χ3v) is 4.50. The third kappa shape index (κ3) is 2.86. The molecule has 2 aromatic heterocycles. The average molecular weight is 407 g/mol. The summed E-state index contributed by atoms with van der Waals surface area (Å²) in [5.41, 5.74) is 2.12. The Morgan fingerprint density at radius 2 is 2.00 bits per heavy atom. The Bertz CT molecular complexity index is 784. The molecule has 0 spiro atoms. The molecule has 1 aromatic carbocycles. The molecule has 1 N–H and O–H groups in total. The van der Waals surface area contributed by atoms with Crippen molar-refractivity contribution >= 4 is 42.6 Å². The minimum Gasteiger partial charge on any atom is -0.308 e. The van der Waals surface area contributed by atoms with E-state index in [0.29, 0.717) is 0 Å². The fraction of sp³-hybridized carbons (Fsp3) is 0.125. The molecule has 3 nitrogen and oxygen atoms in total. The summed E-state index contributed by atoms with van der Waals surface area (Å²) in [7, 11) is 1.94. The van der Waals surface area contributed by atoms with Crippen molar-refractivity contribution in [3.05, 3.63) is 69.1 Å². The molecule has 1 unspecified atom stereocenters. The van der Waals surface area contributed by atoms with Gasteiger partial charge in [0.25, 0.3) is 0 Å². The van der Waals surface area contributed by atoms with Crippen molar-refractivity contribution in [3.63, 3.8) is 0 Å². The molecule has 1 atom stereocenters. The Balaban J connectivity index is 2.18. The lowest BCUT2D eigenvalue weighted by molar-refractivity contribution is 0.671. The summed E-state index contributed by atoms with van der Waals surface area (Å²) in [5, 5.41) is 5.66. The summed E-state index contributed by atoms with van der Waals surface area (Å²) in [5.74, 6) is 0. The number of rotatable bonds is 3. The van der Waals surface area contributed by atoms with Crippen LogP contribution in [0.3, 0.4) is 0 Å². The number of pyridine rings is 2. The molecule has 0 saturated carbocycles. The molecular weight excluding hydrogens is 394 g/mol. The van der Waals surface area contributed by atoms with Crippen LogP contribution in [0.5, 0.6) is 0 Å². The Kier molecular flexibility index (Phi) is 4.33. The van der Waals surface area contributed by atoms with E-state index in [-0.39, 0.29) is 6.04 Å². The molecule has 0 radical (unpaired) electrons. The molecule has 0 fully saturated rings. The third-order valence-electron chi connectivity index (χ3n) is 3.43. The number of fused-ring (bicyclic) bond motifs is 1. The summed E-state index contributed by atoms with van der Waals surface area (Å²) in [6.45, 7) is 0. The molecule has 106 valence electrons. The lowest BCUT2D eigenvalue weighted by Gasteiger charge is -2.19. The molecule has 0 aliphatic heterocycles. The summed E-state index contributed by atoms with van der Waals surface area (Å²) in [6, 6.07) is 10.3. The molecule has 2 heterocycles. The molecule has 3 rings (SSSR count). The van der Waals surface area contributed by atoms with Crippen LogP contribution >= 0.6 is 31.9 Å². The maximum atomic E-state index is 4.56. The summed E-state index contributed by atoms with van der Waals surface area (Å²) >= 11 is 7.04. The molecule has 3 aromatic rings. The number of nitrogens with one attached hydrogen (secondary N) is 1. The zero-order valence-electron chi connectivity index (χ0n) is 11.3. The second-order valence-electron chi connectivity index (χ2n) is 4.69. The van der Waals surface area contributed by atoms with Crippen molar-refractivity contribution in [2.45, 2.75) is 6.04 Å². The smallest absolute Gasteiger partial charge is 0.0767 e. The quantitative estimate of drug-likeness (QED) is 0.697. The van der Waals surface area contributed by atoms with E-state index in [9.17, 15) is 0 Å². The van der Waals surface area contributed by atoms with Gasteiger partial charge in [0.1, 0.15) is 0 Å². The normalized spacial score (nSPS) is 12.5. The van der Waals surface area contributed by atoms with Crippen LogP contribution in [0.25, 0.3) is 10.8 Å². The van der Waals surface area contributed by atoms with E-state index in [0.717, 1.165) is 20.0 Å². The molecule has 0 bridgehead atoms. The first-order chi connectivity index (χ1) is 10.2. The summed E-state index contributed by atoms with van der Waals surface area (Å²) in [4.78, 5) is 8.81. The predicted molar refractivity (Wildman–Crippen MR) is 92.3 cm³/mol. The van der Waals surface area contributed by atoms with E-state index in [1.807, 2.05) is 37.8 Å². The number of aromatic nitrogens is 2. The highest BCUT2D eigenvalue weighted by Crippen LogP contribution is 2.32. The van der Waals surface area contributed by atoms with Gasteiger partial charge in [0.05, 0.1) is 11.7 Å². The first-order valence-corrected chi connectivity index (χ1v) is 8.10. The fourth-order valence-electron chi connectivity index (χ4n) is 2.47. The highest BCUT2D eigenvalue weighted by molar-refractivity contribution is 9.11. The van der Waals surface area contributed by atoms with Gasteiger partial charge >= 0.3 is 0 Å². The van der Waals surface area contributed by atoms with Gasteiger partial charge in [-0.05, 0) is 62.0 Å². The van der Waals surface area contributed by atoms with Crippen LogP contribution in [-0.4, -0.2) is 17.0 Å². The van der Waals surface area contributed by atoms with E-state index < -0.39 is 0 Å². The van der Waals surface area contributed by atoms with Crippen molar-refractivity contribution < 1.29 is 0 Å². The van der Waals surface area contributed by atoms with Gasteiger partial charge in [-0.1, -0.05) is 18.2 Å². The Morgan fingerprint density at radius 3 is 2.76 bits per heavy atom. The van der Waals surface area contributed by atoms with Crippen molar-refractivity contribution in [3.8, 4) is 0 Å². The van der Waals surface area contributed by atoms with E-state index in [4.69, 9.17) is 0 Å². The molecule has 0 saturated heterocycles. The standard InChI is InChI=1S/C16H13Br2N3/c1-19-15(16-14(18)7-11(17)8-21-16)12-4-2-3-10-5-6-20-9-13(10)12/h2-9,15,19H,1H3. The van der Waals surface area contributed by atoms with Crippen molar-refractivity contribution in [2.24, 2.45) is 0 Å². The van der Waals surface area contributed by atoms with E-state index in [1.165, 1.54) is 10.9 Å². The van der Waals surface area contributed by atoms with Crippen molar-refractivity contribution in [1.82, 2.24) is 15.3 Å². The minimum atomic E-state index is 0.000347. The van der Waals surface area contributed by atoms with Gasteiger partial charge in [-0.2, -0.15) is 0 Å². The summed E-state index contributed by atoms with van der Waals surface area (Å²) < 4.78 is 1.92. The monoisotopic (exact) mass is 405 g/mol. The van der Waals surface area contributed by atoms with E-state index in [1.54, 1.807) is 0 Å². The van der Waals surface area contributed by atoms with Gasteiger partial charge in [0, 0.05) is 32.9 Å². The second-order valence-corrected chi connectivity index (χ2v) is 6.46. The highest BCUT2D eigenvalue weighted by Gasteiger charge is 2.19. The van der Waals surface area contributed by atoms with E-state index in [2.05, 4.69) is 65.3 Å². The van der Waals surface area contributed by atoms with Crippen LogP contribution in [0.2, 0.25) is 0 Å². The van der Waals surface area contributed by atoms with Gasteiger partial charge in [-0.3, -0.25) is 9.97 Å². The zero-order chi connectivity index (χ0) is 14.8. The minimum absolute atomic E-state index is 0.000347. The first kappa shape index (κ1) is 14.6. The molecule has 0 amide bonds. The molecule has 5 heteroatoms. The van der Waals surface area contributed by atoms with Crippen molar-refractivity contribution in [1.29, 1.82) is 0 Å². The van der Waals surface area contributed by atoms with Gasteiger partial charge in [0.15, 0.2) is 0 Å². The highest BCUT2D eigenvalue weighted by atomic mass is 79.9. The van der Waals surface area contributed by atoms with Crippen LogP contribution in [0.15, 0.2) is 57.9 Å². The zero-order valence-corrected chi connectivity index (χ0v) is 14.5.